The monoisotopic (exact) mass is 381 g/mol. The molecule has 0 aliphatic carbocycles. The smallest absolute Gasteiger partial charge is 0.280 e. The molecule has 0 unspecified atom stereocenters. The number of benzene rings is 2. The molecule has 0 saturated carbocycles. The molecular weight excluding hydrogens is 358 g/mol. The molecule has 0 saturated heterocycles. The summed E-state index contributed by atoms with van der Waals surface area (Å²) in [6, 6.07) is 13.5. The van der Waals surface area contributed by atoms with Gasteiger partial charge in [0.2, 0.25) is 0 Å². The first kappa shape index (κ1) is 19.2. The fourth-order valence-electron chi connectivity index (χ4n) is 3.23. The summed E-state index contributed by atoms with van der Waals surface area (Å²) in [6.45, 7) is 10.2. The van der Waals surface area contributed by atoms with Crippen molar-refractivity contribution in [2.75, 3.05) is 23.0 Å². The van der Waals surface area contributed by atoms with E-state index in [2.05, 4.69) is 49.0 Å². The van der Waals surface area contributed by atoms with Crippen molar-refractivity contribution in [1.82, 2.24) is 0 Å². The minimum absolute atomic E-state index is 0.137. The predicted molar refractivity (Wildman–Crippen MR) is 115 cm³/mol. The second-order valence-electron chi connectivity index (χ2n) is 6.55. The second kappa shape index (κ2) is 7.97. The zero-order valence-electron chi connectivity index (χ0n) is 16.2. The van der Waals surface area contributed by atoms with E-state index >= 15 is 0 Å². The van der Waals surface area contributed by atoms with Gasteiger partial charge in [-0.1, -0.05) is 23.7 Å². The third kappa shape index (κ3) is 3.91. The van der Waals surface area contributed by atoms with Crippen LogP contribution in [0.25, 0.3) is 6.08 Å². The average molecular weight is 382 g/mol. The Morgan fingerprint density at radius 1 is 1.11 bits per heavy atom. The molecule has 27 heavy (non-hydrogen) atoms. The lowest BCUT2D eigenvalue weighted by atomic mass is 10.0. The molecule has 0 fully saturated rings. The molecule has 4 nitrogen and oxygen atoms in total. The molecule has 5 heteroatoms. The van der Waals surface area contributed by atoms with Gasteiger partial charge in [-0.05, 0) is 75.2 Å². The first-order valence-electron chi connectivity index (χ1n) is 9.17. The van der Waals surface area contributed by atoms with Crippen LogP contribution in [-0.4, -0.2) is 24.7 Å². The van der Waals surface area contributed by atoms with Gasteiger partial charge < -0.3 is 4.90 Å². The third-order valence-electron chi connectivity index (χ3n) is 4.80. The van der Waals surface area contributed by atoms with Gasteiger partial charge in [-0.15, -0.1) is 0 Å². The molecule has 1 heterocycles. The number of carbonyl (C=O) groups excluding carboxylic acids is 1. The van der Waals surface area contributed by atoms with Crippen LogP contribution in [0.4, 0.5) is 11.4 Å². The van der Waals surface area contributed by atoms with Crippen LogP contribution in [0.3, 0.4) is 0 Å². The number of amides is 1. The van der Waals surface area contributed by atoms with Crippen LogP contribution in [0.15, 0.2) is 53.1 Å². The molecule has 1 amide bonds. The lowest BCUT2D eigenvalue weighted by molar-refractivity contribution is -0.114. The van der Waals surface area contributed by atoms with Crippen molar-refractivity contribution in [3.8, 4) is 0 Å². The van der Waals surface area contributed by atoms with Gasteiger partial charge in [-0.3, -0.25) is 4.79 Å². The van der Waals surface area contributed by atoms with E-state index < -0.39 is 0 Å². The van der Waals surface area contributed by atoms with Gasteiger partial charge in [0.05, 0.1) is 17.0 Å². The fraction of sp³-hybridized carbons (Fsp3) is 0.273. The van der Waals surface area contributed by atoms with E-state index in [1.54, 1.807) is 12.1 Å². The summed E-state index contributed by atoms with van der Waals surface area (Å²) in [7, 11) is 0. The molecule has 0 atom stereocenters. The van der Waals surface area contributed by atoms with Gasteiger partial charge in [-0.2, -0.15) is 10.1 Å². The number of hydrogen-bond acceptors (Lipinski definition) is 3. The molecule has 2 aromatic carbocycles. The Kier molecular flexibility index (Phi) is 5.66. The molecule has 3 rings (SSSR count). The summed E-state index contributed by atoms with van der Waals surface area (Å²) in [5.74, 6) is -0.137. The highest BCUT2D eigenvalue weighted by Crippen LogP contribution is 2.28. The van der Waals surface area contributed by atoms with Crippen molar-refractivity contribution in [2.45, 2.75) is 27.7 Å². The van der Waals surface area contributed by atoms with E-state index in [9.17, 15) is 4.79 Å². The quantitative estimate of drug-likeness (QED) is 0.659. The number of carbonyl (C=O) groups is 1. The maximum Gasteiger partial charge on any atom is 0.280 e. The lowest BCUT2D eigenvalue weighted by Crippen LogP contribution is -2.22. The largest absolute Gasteiger partial charge is 0.372 e. The topological polar surface area (TPSA) is 35.9 Å². The standard InChI is InChI=1S/C22H24ClN3O/c1-5-25(6-2)19-11-10-17(15(3)12-19)13-21-16(4)24-26(22(21)27)20-9-7-8-18(23)14-20/h7-14H,5-6H2,1-4H3/b21-13+. The molecule has 0 spiro atoms. The molecular formula is C22H24ClN3O. The maximum absolute atomic E-state index is 12.9. The van der Waals surface area contributed by atoms with Gasteiger partial charge >= 0.3 is 0 Å². The molecule has 140 valence electrons. The summed E-state index contributed by atoms with van der Waals surface area (Å²) in [5, 5.41) is 6.41. The molecule has 0 radical (unpaired) electrons. The number of hydrogen-bond donors (Lipinski definition) is 0. The minimum Gasteiger partial charge on any atom is -0.372 e. The van der Waals surface area contributed by atoms with Crippen molar-refractivity contribution in [1.29, 1.82) is 0 Å². The summed E-state index contributed by atoms with van der Waals surface area (Å²) in [6.07, 6.45) is 1.92. The molecule has 1 aliphatic rings. The Labute approximate surface area is 165 Å². The van der Waals surface area contributed by atoms with E-state index in [0.29, 0.717) is 22.0 Å². The number of hydrazone groups is 1. The molecule has 0 N–H and O–H groups in total. The summed E-state index contributed by atoms with van der Waals surface area (Å²) < 4.78 is 0. The number of rotatable bonds is 5. The molecule has 0 bridgehead atoms. The first-order chi connectivity index (χ1) is 12.9. The van der Waals surface area contributed by atoms with Crippen LogP contribution in [-0.2, 0) is 4.79 Å². The Balaban J connectivity index is 1.92. The van der Waals surface area contributed by atoms with E-state index in [1.807, 2.05) is 25.1 Å². The zero-order chi connectivity index (χ0) is 19.6. The van der Waals surface area contributed by atoms with Crippen molar-refractivity contribution < 1.29 is 4.79 Å². The highest BCUT2D eigenvalue weighted by atomic mass is 35.5. The summed E-state index contributed by atoms with van der Waals surface area (Å²) in [4.78, 5) is 15.2. The normalized spacial score (nSPS) is 15.4. The lowest BCUT2D eigenvalue weighted by Gasteiger charge is -2.22. The average Bonchev–Trinajstić information content (AvgIpc) is 2.93. The Hall–Kier alpha value is -2.59. The van der Waals surface area contributed by atoms with Crippen molar-refractivity contribution in [3.05, 3.63) is 64.2 Å². The van der Waals surface area contributed by atoms with E-state index in [-0.39, 0.29) is 5.91 Å². The third-order valence-corrected chi connectivity index (χ3v) is 5.03. The molecule has 2 aromatic rings. The van der Waals surface area contributed by atoms with Crippen molar-refractivity contribution in [2.24, 2.45) is 5.10 Å². The summed E-state index contributed by atoms with van der Waals surface area (Å²) >= 11 is 6.05. The number of aryl methyl sites for hydroxylation is 1. The predicted octanol–water partition coefficient (Wildman–Crippen LogP) is 5.30. The van der Waals surface area contributed by atoms with Crippen molar-refractivity contribution in [3.63, 3.8) is 0 Å². The number of nitrogens with zero attached hydrogens (tertiary/aromatic N) is 3. The highest BCUT2D eigenvalue weighted by Gasteiger charge is 2.28. The van der Waals surface area contributed by atoms with Crippen LogP contribution in [0, 0.1) is 6.92 Å². The second-order valence-corrected chi connectivity index (χ2v) is 6.99. The van der Waals surface area contributed by atoms with Crippen LogP contribution in [0.1, 0.15) is 31.9 Å². The van der Waals surface area contributed by atoms with Gasteiger partial charge in [-0.25, -0.2) is 0 Å². The fourth-order valence-corrected chi connectivity index (χ4v) is 3.41. The first-order valence-corrected chi connectivity index (χ1v) is 9.55. The zero-order valence-corrected chi connectivity index (χ0v) is 16.9. The summed E-state index contributed by atoms with van der Waals surface area (Å²) in [5.41, 5.74) is 5.33. The van der Waals surface area contributed by atoms with E-state index in [4.69, 9.17) is 11.6 Å². The van der Waals surface area contributed by atoms with Gasteiger partial charge in [0.25, 0.3) is 5.91 Å². The Bertz CT molecular complexity index is 929. The van der Waals surface area contributed by atoms with E-state index in [0.717, 1.165) is 24.2 Å². The van der Waals surface area contributed by atoms with Gasteiger partial charge in [0.15, 0.2) is 0 Å². The van der Waals surface area contributed by atoms with E-state index in [1.165, 1.54) is 10.7 Å². The van der Waals surface area contributed by atoms with Gasteiger partial charge in [0, 0.05) is 23.8 Å². The Morgan fingerprint density at radius 2 is 1.85 bits per heavy atom. The Morgan fingerprint density at radius 3 is 2.48 bits per heavy atom. The SMILES string of the molecule is CCN(CC)c1ccc(/C=C2/C(=O)N(c3cccc(Cl)c3)N=C2C)c(C)c1. The molecule has 0 aromatic heterocycles. The van der Waals surface area contributed by atoms with Crippen LogP contribution in [0.2, 0.25) is 5.02 Å². The number of halogens is 1. The number of anilines is 2. The van der Waals surface area contributed by atoms with Crippen LogP contribution < -0.4 is 9.91 Å². The minimum atomic E-state index is -0.137. The van der Waals surface area contributed by atoms with Crippen LogP contribution in [0.5, 0.6) is 0 Å². The molecule has 1 aliphatic heterocycles. The van der Waals surface area contributed by atoms with Crippen molar-refractivity contribution >= 4 is 40.7 Å². The van der Waals surface area contributed by atoms with Gasteiger partial charge in [0.1, 0.15) is 0 Å². The van der Waals surface area contributed by atoms with Crippen LogP contribution >= 0.6 is 11.6 Å². The highest BCUT2D eigenvalue weighted by molar-refractivity contribution is 6.33. The maximum atomic E-state index is 12.9.